The molecule has 0 aliphatic rings. The van der Waals surface area contributed by atoms with E-state index in [9.17, 15) is 4.79 Å². The first-order valence-electron chi connectivity index (χ1n) is 4.94. The maximum Gasteiger partial charge on any atom is 0.328 e. The van der Waals surface area contributed by atoms with Gasteiger partial charge in [0.2, 0.25) is 11.8 Å². The Morgan fingerprint density at radius 3 is 3.00 bits per heavy atom. The van der Waals surface area contributed by atoms with Gasteiger partial charge < -0.3 is 9.52 Å². The molecule has 6 heteroatoms. The topological polar surface area (TPSA) is 100 Å². The highest BCUT2D eigenvalue weighted by Crippen LogP contribution is 2.19. The predicted molar refractivity (Wildman–Crippen MR) is 61.1 cm³/mol. The Morgan fingerprint density at radius 1 is 1.44 bits per heavy atom. The predicted octanol–water partition coefficient (Wildman–Crippen LogP) is 1.71. The average Bonchev–Trinajstić information content (AvgIpc) is 2.85. The van der Waals surface area contributed by atoms with E-state index in [1.807, 2.05) is 6.07 Å². The summed E-state index contributed by atoms with van der Waals surface area (Å²) >= 11 is 0. The molecule has 88 valence electrons. The zero-order valence-electron chi connectivity index (χ0n) is 9.07. The van der Waals surface area contributed by atoms with Crippen molar-refractivity contribution in [1.82, 2.24) is 10.2 Å². The number of nitrogens with zero attached hydrogens (tertiary/aromatic N) is 3. The van der Waals surface area contributed by atoms with Crippen LogP contribution in [0.5, 0.6) is 0 Å². The second kappa shape index (κ2) is 4.93. The zero-order chi connectivity index (χ0) is 13.0. The molecule has 2 rings (SSSR count). The lowest BCUT2D eigenvalue weighted by Crippen LogP contribution is -1.85. The molecule has 6 nitrogen and oxygen atoms in total. The van der Waals surface area contributed by atoms with E-state index < -0.39 is 5.97 Å². The van der Waals surface area contributed by atoms with Gasteiger partial charge in [0, 0.05) is 17.7 Å². The van der Waals surface area contributed by atoms with Crippen molar-refractivity contribution >= 4 is 12.0 Å². The van der Waals surface area contributed by atoms with Crippen LogP contribution in [0.3, 0.4) is 0 Å². The minimum Gasteiger partial charge on any atom is -0.478 e. The van der Waals surface area contributed by atoms with E-state index in [1.165, 1.54) is 6.08 Å². The molecule has 0 saturated heterocycles. The SMILES string of the molecule is N#Cc1cccc(-c2nnc(/C=C/C(=O)O)o2)c1. The number of aliphatic carboxylic acids is 1. The first-order chi connectivity index (χ1) is 8.69. The van der Waals surface area contributed by atoms with E-state index in [0.717, 1.165) is 6.08 Å². The molecule has 1 aromatic heterocycles. The van der Waals surface area contributed by atoms with Crippen molar-refractivity contribution in [1.29, 1.82) is 5.26 Å². The summed E-state index contributed by atoms with van der Waals surface area (Å²) < 4.78 is 5.24. The highest BCUT2D eigenvalue weighted by Gasteiger charge is 2.07. The standard InChI is InChI=1S/C12H7N3O3/c13-7-8-2-1-3-9(6-8)12-15-14-10(18-12)4-5-11(16)17/h1-6H,(H,16,17)/b5-4+. The Morgan fingerprint density at radius 2 is 2.28 bits per heavy atom. The van der Waals surface area contributed by atoms with Crippen LogP contribution in [-0.4, -0.2) is 21.3 Å². The van der Waals surface area contributed by atoms with Crippen LogP contribution in [0.4, 0.5) is 0 Å². The third-order valence-corrected chi connectivity index (χ3v) is 2.05. The number of nitriles is 1. The summed E-state index contributed by atoms with van der Waals surface area (Å²) in [6, 6.07) is 8.69. The van der Waals surface area contributed by atoms with E-state index in [0.29, 0.717) is 11.1 Å². The number of carboxylic acid groups (broad SMARTS) is 1. The normalized spacial score (nSPS) is 10.4. The van der Waals surface area contributed by atoms with Gasteiger partial charge in [-0.05, 0) is 18.2 Å². The summed E-state index contributed by atoms with van der Waals surface area (Å²) in [6.45, 7) is 0. The van der Waals surface area contributed by atoms with E-state index in [1.54, 1.807) is 24.3 Å². The number of carbonyl (C=O) groups is 1. The fraction of sp³-hybridized carbons (Fsp3) is 0. The first-order valence-corrected chi connectivity index (χ1v) is 4.94. The summed E-state index contributed by atoms with van der Waals surface area (Å²) in [7, 11) is 0. The lowest BCUT2D eigenvalue weighted by Gasteiger charge is -1.93. The Kier molecular flexibility index (Phi) is 3.16. The summed E-state index contributed by atoms with van der Waals surface area (Å²) in [6.07, 6.45) is 2.11. The third-order valence-electron chi connectivity index (χ3n) is 2.05. The molecule has 0 saturated carbocycles. The smallest absolute Gasteiger partial charge is 0.328 e. The van der Waals surface area contributed by atoms with Crippen molar-refractivity contribution in [2.75, 3.05) is 0 Å². The quantitative estimate of drug-likeness (QED) is 0.821. The van der Waals surface area contributed by atoms with Crippen LogP contribution < -0.4 is 0 Å². The molecule has 1 aromatic carbocycles. The highest BCUT2D eigenvalue weighted by molar-refractivity contribution is 5.84. The van der Waals surface area contributed by atoms with E-state index >= 15 is 0 Å². The van der Waals surface area contributed by atoms with Crippen molar-refractivity contribution < 1.29 is 14.3 Å². The largest absolute Gasteiger partial charge is 0.478 e. The first kappa shape index (κ1) is 11.5. The van der Waals surface area contributed by atoms with E-state index in [4.69, 9.17) is 14.8 Å². The molecule has 1 heterocycles. The van der Waals surface area contributed by atoms with Crippen LogP contribution in [-0.2, 0) is 4.79 Å². The highest BCUT2D eigenvalue weighted by atomic mass is 16.4. The van der Waals surface area contributed by atoms with Crippen LogP contribution in [0.2, 0.25) is 0 Å². The molecule has 0 unspecified atom stereocenters. The van der Waals surface area contributed by atoms with Crippen LogP contribution in [0.15, 0.2) is 34.8 Å². The molecule has 0 amide bonds. The number of aromatic nitrogens is 2. The molecular weight excluding hydrogens is 234 g/mol. The number of hydrogen-bond donors (Lipinski definition) is 1. The molecule has 0 radical (unpaired) electrons. The van der Waals surface area contributed by atoms with Crippen LogP contribution in [0.1, 0.15) is 11.5 Å². The molecule has 0 aliphatic heterocycles. The summed E-state index contributed by atoms with van der Waals surface area (Å²) in [5.41, 5.74) is 1.09. The Hall–Kier alpha value is -2.94. The molecule has 18 heavy (non-hydrogen) atoms. The van der Waals surface area contributed by atoms with Gasteiger partial charge in [-0.1, -0.05) is 6.07 Å². The third kappa shape index (κ3) is 2.59. The van der Waals surface area contributed by atoms with Crippen LogP contribution >= 0.6 is 0 Å². The Labute approximate surface area is 102 Å². The minimum absolute atomic E-state index is 0.0924. The van der Waals surface area contributed by atoms with E-state index in [2.05, 4.69) is 10.2 Å². The molecule has 1 N–H and O–H groups in total. The Bertz CT molecular complexity index is 653. The maximum atomic E-state index is 10.3. The van der Waals surface area contributed by atoms with Crippen LogP contribution in [0.25, 0.3) is 17.5 Å². The molecule has 0 bridgehead atoms. The van der Waals surface area contributed by atoms with Gasteiger partial charge >= 0.3 is 5.97 Å². The van der Waals surface area contributed by atoms with Gasteiger partial charge in [-0.3, -0.25) is 0 Å². The van der Waals surface area contributed by atoms with E-state index in [-0.39, 0.29) is 11.8 Å². The van der Waals surface area contributed by atoms with Crippen molar-refractivity contribution in [3.8, 4) is 17.5 Å². The molecular formula is C12H7N3O3. The molecule has 0 atom stereocenters. The Balaban J connectivity index is 2.29. The second-order valence-electron chi connectivity index (χ2n) is 3.31. The van der Waals surface area contributed by atoms with Crippen LogP contribution in [0, 0.1) is 11.3 Å². The summed E-state index contributed by atoms with van der Waals surface area (Å²) in [4.78, 5) is 10.3. The molecule has 0 aliphatic carbocycles. The van der Waals surface area contributed by atoms with Gasteiger partial charge in [-0.15, -0.1) is 10.2 Å². The van der Waals surface area contributed by atoms with Crippen molar-refractivity contribution in [2.45, 2.75) is 0 Å². The van der Waals surface area contributed by atoms with Crippen molar-refractivity contribution in [2.24, 2.45) is 0 Å². The number of benzene rings is 1. The second-order valence-corrected chi connectivity index (χ2v) is 3.31. The van der Waals surface area contributed by atoms with Crippen molar-refractivity contribution in [3.05, 3.63) is 41.8 Å². The number of hydrogen-bond acceptors (Lipinski definition) is 5. The average molecular weight is 241 g/mol. The van der Waals surface area contributed by atoms with Gasteiger partial charge in [0.15, 0.2) is 0 Å². The minimum atomic E-state index is -1.10. The summed E-state index contributed by atoms with van der Waals surface area (Å²) in [5.74, 6) is -0.770. The van der Waals surface area contributed by atoms with Gasteiger partial charge in [0.25, 0.3) is 0 Å². The number of rotatable bonds is 3. The van der Waals surface area contributed by atoms with Gasteiger partial charge in [-0.25, -0.2) is 4.79 Å². The fourth-order valence-corrected chi connectivity index (χ4v) is 1.28. The van der Waals surface area contributed by atoms with Gasteiger partial charge in [0.1, 0.15) is 0 Å². The number of carboxylic acids is 1. The molecule has 2 aromatic rings. The maximum absolute atomic E-state index is 10.3. The van der Waals surface area contributed by atoms with Gasteiger partial charge in [0.05, 0.1) is 11.6 Å². The lowest BCUT2D eigenvalue weighted by molar-refractivity contribution is -0.131. The summed E-state index contributed by atoms with van der Waals surface area (Å²) in [5, 5.41) is 24.7. The lowest BCUT2D eigenvalue weighted by atomic mass is 10.1. The zero-order valence-corrected chi connectivity index (χ0v) is 9.07. The monoisotopic (exact) mass is 241 g/mol. The fourth-order valence-electron chi connectivity index (χ4n) is 1.28. The van der Waals surface area contributed by atoms with Crippen molar-refractivity contribution in [3.63, 3.8) is 0 Å². The molecule has 0 spiro atoms. The molecule has 0 fully saturated rings. The van der Waals surface area contributed by atoms with Gasteiger partial charge in [-0.2, -0.15) is 5.26 Å².